The summed E-state index contributed by atoms with van der Waals surface area (Å²) in [5.74, 6) is 0. The first kappa shape index (κ1) is 20.3. The highest BCUT2D eigenvalue weighted by Gasteiger charge is 2.44. The lowest BCUT2D eigenvalue weighted by Gasteiger charge is -2.52. The number of rotatable bonds is 6. The van der Waals surface area contributed by atoms with Crippen molar-refractivity contribution < 1.29 is 9.63 Å². The van der Waals surface area contributed by atoms with Crippen LogP contribution in [0.3, 0.4) is 0 Å². The Kier molecular flexibility index (Phi) is 5.75. The molecule has 0 amide bonds. The first-order chi connectivity index (χ1) is 13.3. The van der Waals surface area contributed by atoms with Crippen LogP contribution in [-0.4, -0.2) is 28.5 Å². The average molecular weight is 380 g/mol. The Morgan fingerprint density at radius 1 is 1.11 bits per heavy atom. The van der Waals surface area contributed by atoms with Gasteiger partial charge < -0.3 is 4.79 Å². The van der Waals surface area contributed by atoms with Crippen LogP contribution < -0.4 is 0 Å². The van der Waals surface area contributed by atoms with Crippen molar-refractivity contribution in [2.45, 2.75) is 70.2 Å². The maximum Gasteiger partial charge on any atom is 0.151 e. The van der Waals surface area contributed by atoms with E-state index in [2.05, 4.69) is 37.7 Å². The fourth-order valence-electron chi connectivity index (χ4n) is 4.31. The van der Waals surface area contributed by atoms with Gasteiger partial charge in [0.1, 0.15) is 6.10 Å². The SMILES string of the molecule is CC1(C)CCCC(C)(C)N1O[C@@H](C=O)[C@H](N=[N+]=[N-])c1ccc2ccccc2c1. The lowest BCUT2D eigenvalue weighted by molar-refractivity contribution is -0.299. The third-order valence-corrected chi connectivity index (χ3v) is 5.64. The van der Waals surface area contributed by atoms with E-state index in [0.29, 0.717) is 0 Å². The van der Waals surface area contributed by atoms with E-state index in [1.807, 2.05) is 47.5 Å². The number of azide groups is 1. The predicted octanol–water partition coefficient (Wildman–Crippen LogP) is 5.73. The zero-order valence-corrected chi connectivity index (χ0v) is 17.0. The number of hydrogen-bond acceptors (Lipinski definition) is 4. The Hall–Kier alpha value is -2.40. The van der Waals surface area contributed by atoms with Gasteiger partial charge in [0.15, 0.2) is 6.29 Å². The maximum absolute atomic E-state index is 12.0. The van der Waals surface area contributed by atoms with E-state index in [4.69, 9.17) is 10.4 Å². The van der Waals surface area contributed by atoms with Crippen molar-refractivity contribution in [2.75, 3.05) is 0 Å². The first-order valence-corrected chi connectivity index (χ1v) is 9.74. The van der Waals surface area contributed by atoms with Gasteiger partial charge in [-0.2, -0.15) is 5.06 Å². The van der Waals surface area contributed by atoms with E-state index >= 15 is 0 Å². The van der Waals surface area contributed by atoms with Gasteiger partial charge in [-0.05, 0) is 68.8 Å². The molecule has 3 rings (SSSR count). The number of carbonyl (C=O) groups is 1. The fraction of sp³-hybridized carbons (Fsp3) is 0.500. The first-order valence-electron chi connectivity index (χ1n) is 9.74. The molecule has 0 bridgehead atoms. The molecule has 2 aromatic carbocycles. The molecular weight excluding hydrogens is 352 g/mol. The van der Waals surface area contributed by atoms with Gasteiger partial charge in [-0.25, -0.2) is 0 Å². The highest BCUT2D eigenvalue weighted by atomic mass is 16.7. The van der Waals surface area contributed by atoms with E-state index in [0.717, 1.165) is 41.9 Å². The third-order valence-electron chi connectivity index (χ3n) is 5.64. The summed E-state index contributed by atoms with van der Waals surface area (Å²) in [6.07, 6.45) is 2.91. The number of hydrogen-bond donors (Lipinski definition) is 0. The fourth-order valence-corrected chi connectivity index (χ4v) is 4.31. The molecule has 6 heteroatoms. The Bertz CT molecular complexity index is 886. The van der Waals surface area contributed by atoms with Crippen LogP contribution in [0.5, 0.6) is 0 Å². The molecule has 2 atom stereocenters. The lowest BCUT2D eigenvalue weighted by atomic mass is 9.82. The van der Waals surface area contributed by atoms with E-state index in [1.165, 1.54) is 0 Å². The topological polar surface area (TPSA) is 78.3 Å². The monoisotopic (exact) mass is 380 g/mol. The van der Waals surface area contributed by atoms with Gasteiger partial charge in [0.2, 0.25) is 0 Å². The number of fused-ring (bicyclic) bond motifs is 1. The summed E-state index contributed by atoms with van der Waals surface area (Å²) in [7, 11) is 0. The lowest BCUT2D eigenvalue weighted by Crippen LogP contribution is -2.59. The van der Waals surface area contributed by atoms with Crippen LogP contribution in [0, 0.1) is 0 Å². The molecule has 6 nitrogen and oxygen atoms in total. The van der Waals surface area contributed by atoms with Crippen molar-refractivity contribution in [1.29, 1.82) is 0 Å². The summed E-state index contributed by atoms with van der Waals surface area (Å²) in [4.78, 5) is 21.3. The highest BCUT2D eigenvalue weighted by Crippen LogP contribution is 2.40. The summed E-state index contributed by atoms with van der Waals surface area (Å²) in [5.41, 5.74) is 9.48. The normalized spacial score (nSPS) is 20.9. The van der Waals surface area contributed by atoms with Gasteiger partial charge in [-0.3, -0.25) is 4.84 Å². The molecule has 0 N–H and O–H groups in total. The van der Waals surface area contributed by atoms with Crippen LogP contribution in [0.15, 0.2) is 47.6 Å². The van der Waals surface area contributed by atoms with Crippen molar-refractivity contribution in [2.24, 2.45) is 5.11 Å². The zero-order valence-electron chi connectivity index (χ0n) is 17.0. The van der Waals surface area contributed by atoms with Crippen LogP contribution >= 0.6 is 0 Å². The molecular formula is C22H28N4O2. The molecule has 148 valence electrons. The number of aldehydes is 1. The molecule has 2 aromatic rings. The van der Waals surface area contributed by atoms with Crippen molar-refractivity contribution >= 4 is 17.1 Å². The Labute approximate surface area is 166 Å². The van der Waals surface area contributed by atoms with Crippen LogP contribution in [0.25, 0.3) is 21.2 Å². The van der Waals surface area contributed by atoms with Gasteiger partial charge in [0, 0.05) is 16.0 Å². The minimum atomic E-state index is -0.895. The molecule has 0 radical (unpaired) electrons. The number of nitrogens with zero attached hydrogens (tertiary/aromatic N) is 4. The van der Waals surface area contributed by atoms with E-state index in [9.17, 15) is 4.79 Å². The Morgan fingerprint density at radius 2 is 1.75 bits per heavy atom. The number of hydroxylamine groups is 2. The summed E-state index contributed by atoms with van der Waals surface area (Å²) in [6, 6.07) is 13.1. The number of piperidine rings is 1. The van der Waals surface area contributed by atoms with Gasteiger partial charge >= 0.3 is 0 Å². The molecule has 28 heavy (non-hydrogen) atoms. The summed E-state index contributed by atoms with van der Waals surface area (Å²) in [5, 5.41) is 7.98. The molecule has 1 fully saturated rings. The minimum absolute atomic E-state index is 0.215. The summed E-state index contributed by atoms with van der Waals surface area (Å²) >= 11 is 0. The van der Waals surface area contributed by atoms with Gasteiger partial charge in [0.25, 0.3) is 0 Å². The molecule has 0 unspecified atom stereocenters. The van der Waals surface area contributed by atoms with Gasteiger partial charge in [-0.1, -0.05) is 47.6 Å². The van der Waals surface area contributed by atoms with Crippen LogP contribution in [0.1, 0.15) is 58.6 Å². The Balaban J connectivity index is 1.96. The molecule has 1 aliphatic rings. The largest absolute Gasteiger partial charge is 0.300 e. The second-order valence-corrected chi connectivity index (χ2v) is 8.74. The van der Waals surface area contributed by atoms with Crippen LogP contribution in [-0.2, 0) is 9.63 Å². The summed E-state index contributed by atoms with van der Waals surface area (Å²) in [6.45, 7) is 8.48. The quantitative estimate of drug-likeness (QED) is 0.278. The molecule has 0 saturated carbocycles. The van der Waals surface area contributed by atoms with Crippen molar-refractivity contribution in [3.8, 4) is 0 Å². The average Bonchev–Trinajstić information content (AvgIpc) is 2.65. The zero-order chi connectivity index (χ0) is 20.4. The number of benzene rings is 2. The van der Waals surface area contributed by atoms with Gasteiger partial charge in [-0.15, -0.1) is 0 Å². The van der Waals surface area contributed by atoms with Crippen LogP contribution in [0.2, 0.25) is 0 Å². The summed E-state index contributed by atoms with van der Waals surface area (Å²) < 4.78 is 0. The standard InChI is InChI=1S/C22H28N4O2/c1-21(2)12-7-13-22(3,4)26(21)28-19(15-27)20(24-25-23)18-11-10-16-8-5-6-9-17(16)14-18/h5-6,8-11,14-15,19-20H,7,12-13H2,1-4H3/t19-,20+/m0/s1. The predicted molar refractivity (Wildman–Crippen MR) is 111 cm³/mol. The highest BCUT2D eigenvalue weighted by molar-refractivity contribution is 5.83. The van der Waals surface area contributed by atoms with E-state index in [1.54, 1.807) is 0 Å². The minimum Gasteiger partial charge on any atom is -0.300 e. The molecule has 0 spiro atoms. The third kappa shape index (κ3) is 4.04. The smallest absolute Gasteiger partial charge is 0.151 e. The molecule has 1 heterocycles. The molecule has 0 aliphatic carbocycles. The second-order valence-electron chi connectivity index (χ2n) is 8.74. The molecule has 1 saturated heterocycles. The second kappa shape index (κ2) is 7.92. The van der Waals surface area contributed by atoms with Crippen LogP contribution in [0.4, 0.5) is 0 Å². The van der Waals surface area contributed by atoms with Crippen molar-refractivity contribution in [3.05, 3.63) is 58.5 Å². The molecule has 0 aromatic heterocycles. The van der Waals surface area contributed by atoms with Crippen molar-refractivity contribution in [1.82, 2.24) is 5.06 Å². The molecule has 1 aliphatic heterocycles. The van der Waals surface area contributed by atoms with Gasteiger partial charge in [0.05, 0.1) is 6.04 Å². The van der Waals surface area contributed by atoms with E-state index in [-0.39, 0.29) is 11.1 Å². The maximum atomic E-state index is 12.0. The Morgan fingerprint density at radius 3 is 2.36 bits per heavy atom. The van der Waals surface area contributed by atoms with Crippen molar-refractivity contribution in [3.63, 3.8) is 0 Å². The number of carbonyl (C=O) groups excluding carboxylic acids is 1. The van der Waals surface area contributed by atoms with E-state index < -0.39 is 12.1 Å².